The normalized spacial score (nSPS) is 11.8. The number of fused-ring (bicyclic) bond motifs is 2. The van der Waals surface area contributed by atoms with Gasteiger partial charge in [-0.1, -0.05) is 36.4 Å². The van der Waals surface area contributed by atoms with Gasteiger partial charge in [0.2, 0.25) is 0 Å². The van der Waals surface area contributed by atoms with Gasteiger partial charge in [0.15, 0.2) is 17.3 Å². The van der Waals surface area contributed by atoms with Crippen LogP contribution in [-0.2, 0) is 27.4 Å². The van der Waals surface area contributed by atoms with Gasteiger partial charge in [0.25, 0.3) is 0 Å². The second-order valence-corrected chi connectivity index (χ2v) is 9.14. The number of ether oxygens (including phenoxy) is 4. The molecule has 0 saturated carbocycles. The molecule has 0 spiro atoms. The number of hydrogen-bond donors (Lipinski definition) is 2. The number of anilines is 2. The van der Waals surface area contributed by atoms with Crippen LogP contribution in [0.2, 0.25) is 0 Å². The van der Waals surface area contributed by atoms with Gasteiger partial charge in [-0.25, -0.2) is 9.59 Å². The second-order valence-electron chi connectivity index (χ2n) is 9.14. The van der Waals surface area contributed by atoms with Crippen LogP contribution in [0.5, 0.6) is 17.2 Å². The second kappa shape index (κ2) is 11.0. The fraction of sp³-hybridized carbons (Fsp3) is 0.308. The average molecular weight is 509 g/mol. The molecule has 37 heavy (non-hydrogen) atoms. The largest absolute Gasteiger partial charge is 0.489 e. The Labute approximate surface area is 213 Å². The Morgan fingerprint density at radius 3 is 2.62 bits per heavy atom. The van der Waals surface area contributed by atoms with E-state index >= 15 is 0 Å². The zero-order valence-electron chi connectivity index (χ0n) is 20.8. The summed E-state index contributed by atoms with van der Waals surface area (Å²) < 4.78 is 23.3. The topological polar surface area (TPSA) is 130 Å². The van der Waals surface area contributed by atoms with Gasteiger partial charge in [-0.15, -0.1) is 0 Å². The highest BCUT2D eigenvalue weighted by Crippen LogP contribution is 2.44. The lowest BCUT2D eigenvalue weighted by atomic mass is 10.2. The summed E-state index contributed by atoms with van der Waals surface area (Å²) >= 11 is 0. The lowest BCUT2D eigenvalue weighted by Gasteiger charge is -2.24. The van der Waals surface area contributed by atoms with Crippen LogP contribution in [0.3, 0.4) is 0 Å². The Bertz CT molecular complexity index is 1330. The van der Waals surface area contributed by atoms with Gasteiger partial charge in [-0.2, -0.15) is 4.98 Å². The maximum atomic E-state index is 12.5. The van der Waals surface area contributed by atoms with Crippen LogP contribution in [0.1, 0.15) is 26.3 Å². The van der Waals surface area contributed by atoms with Gasteiger partial charge in [0, 0.05) is 0 Å². The molecule has 0 bridgehead atoms. The molecule has 0 radical (unpaired) electrons. The molecule has 4 rings (SSSR count). The molecule has 1 amide bonds. The highest BCUT2D eigenvalue weighted by molar-refractivity contribution is 5.77. The molecule has 0 aliphatic carbocycles. The summed E-state index contributed by atoms with van der Waals surface area (Å²) in [6.07, 6.45) is 0.855. The number of nitrogens with zero attached hydrogens (tertiary/aromatic N) is 2. The van der Waals surface area contributed by atoms with Crippen molar-refractivity contribution in [2.75, 3.05) is 18.5 Å². The summed E-state index contributed by atoms with van der Waals surface area (Å²) in [6.45, 7) is 5.49. The zero-order chi connectivity index (χ0) is 26.4. The molecule has 11 heteroatoms. The first-order chi connectivity index (χ1) is 17.7. The number of rotatable bonds is 8. The molecule has 3 aromatic rings. The summed E-state index contributed by atoms with van der Waals surface area (Å²) in [5, 5.41) is 5.68. The number of hydrogen-bond acceptors (Lipinski definition) is 9. The fourth-order valence-electron chi connectivity index (χ4n) is 3.43. The summed E-state index contributed by atoms with van der Waals surface area (Å²) in [4.78, 5) is 40.5. The summed E-state index contributed by atoms with van der Waals surface area (Å²) in [5.41, 5.74) is 0.0638. The number of benzene rings is 2. The van der Waals surface area contributed by atoms with Crippen LogP contribution < -0.4 is 25.8 Å². The van der Waals surface area contributed by atoms with E-state index in [0.717, 1.165) is 10.1 Å². The number of aromatic nitrogens is 2. The van der Waals surface area contributed by atoms with Crippen molar-refractivity contribution in [3.05, 3.63) is 70.8 Å². The van der Waals surface area contributed by atoms with Gasteiger partial charge in [-0.3, -0.25) is 9.36 Å². The molecule has 1 aromatic heterocycles. The fourth-order valence-corrected chi connectivity index (χ4v) is 3.43. The Morgan fingerprint density at radius 2 is 1.86 bits per heavy atom. The SMILES string of the molecule is CC(C)(C)OC(=O)Cn1cc2c(nc1=O)Nc1c(OCCNC(=O)OCc3ccccc3)cccc1O2. The van der Waals surface area contributed by atoms with Crippen LogP contribution in [0.15, 0.2) is 59.5 Å². The molecule has 194 valence electrons. The molecule has 1 aliphatic rings. The lowest BCUT2D eigenvalue weighted by molar-refractivity contribution is -0.155. The van der Waals surface area contributed by atoms with Crippen molar-refractivity contribution >= 4 is 23.6 Å². The van der Waals surface area contributed by atoms with Gasteiger partial charge < -0.3 is 29.6 Å². The number of carbonyl (C=O) groups excluding carboxylic acids is 2. The van der Waals surface area contributed by atoms with E-state index in [2.05, 4.69) is 15.6 Å². The van der Waals surface area contributed by atoms with Crippen LogP contribution in [0, 0.1) is 0 Å². The van der Waals surface area contributed by atoms with Crippen molar-refractivity contribution in [2.45, 2.75) is 39.5 Å². The first kappa shape index (κ1) is 25.5. The quantitative estimate of drug-likeness (QED) is 0.270. The van der Waals surface area contributed by atoms with Crippen molar-refractivity contribution in [1.82, 2.24) is 14.9 Å². The van der Waals surface area contributed by atoms with E-state index in [1.54, 1.807) is 39.0 Å². The number of para-hydroxylation sites is 1. The Kier molecular flexibility index (Phi) is 7.61. The average Bonchev–Trinajstić information content (AvgIpc) is 2.84. The summed E-state index contributed by atoms with van der Waals surface area (Å²) in [6, 6.07) is 14.6. The van der Waals surface area contributed by atoms with E-state index in [-0.39, 0.29) is 37.9 Å². The maximum Gasteiger partial charge on any atom is 0.407 e. The summed E-state index contributed by atoms with van der Waals surface area (Å²) in [7, 11) is 0. The third-order valence-corrected chi connectivity index (χ3v) is 4.97. The van der Waals surface area contributed by atoms with E-state index in [1.165, 1.54) is 6.20 Å². The number of carbonyl (C=O) groups is 2. The van der Waals surface area contributed by atoms with Crippen molar-refractivity contribution in [1.29, 1.82) is 0 Å². The van der Waals surface area contributed by atoms with Gasteiger partial charge in [0.05, 0.1) is 12.7 Å². The Morgan fingerprint density at radius 1 is 1.08 bits per heavy atom. The number of esters is 1. The van der Waals surface area contributed by atoms with Crippen LogP contribution in [0.25, 0.3) is 0 Å². The minimum absolute atomic E-state index is 0.163. The number of alkyl carbamates (subject to hydrolysis) is 1. The molecule has 0 atom stereocenters. The van der Waals surface area contributed by atoms with Crippen molar-refractivity contribution in [2.24, 2.45) is 0 Å². The maximum absolute atomic E-state index is 12.5. The number of nitrogens with one attached hydrogen (secondary N) is 2. The van der Waals surface area contributed by atoms with Crippen LogP contribution in [0.4, 0.5) is 16.3 Å². The zero-order valence-corrected chi connectivity index (χ0v) is 20.8. The Balaban J connectivity index is 1.33. The van der Waals surface area contributed by atoms with E-state index < -0.39 is 23.4 Å². The highest BCUT2D eigenvalue weighted by atomic mass is 16.6. The monoisotopic (exact) mass is 508 g/mol. The predicted molar refractivity (Wildman–Crippen MR) is 134 cm³/mol. The minimum atomic E-state index is -0.673. The smallest absolute Gasteiger partial charge is 0.407 e. The van der Waals surface area contributed by atoms with Gasteiger partial charge in [-0.05, 0) is 38.5 Å². The van der Waals surface area contributed by atoms with E-state index in [4.69, 9.17) is 18.9 Å². The molecular weight excluding hydrogens is 480 g/mol. The lowest BCUT2D eigenvalue weighted by Crippen LogP contribution is -2.32. The molecule has 11 nitrogen and oxygen atoms in total. The van der Waals surface area contributed by atoms with Gasteiger partial charge >= 0.3 is 17.8 Å². The third kappa shape index (κ3) is 7.00. The standard InChI is InChI=1S/C26H28N4O7/c1-26(2,3)37-21(31)15-30-14-20-23(29-24(30)32)28-22-18(10-7-11-19(22)36-20)34-13-12-27-25(33)35-16-17-8-5-4-6-9-17/h4-11,14H,12-13,15-16H2,1-3H3,(H,27,33)(H,28,29,32). The predicted octanol–water partition coefficient (Wildman–Crippen LogP) is 3.74. The summed E-state index contributed by atoms with van der Waals surface area (Å²) in [5.74, 6) is 0.799. The number of amides is 1. The Hall–Kier alpha value is -4.54. The van der Waals surface area contributed by atoms with E-state index in [0.29, 0.717) is 17.2 Å². The van der Waals surface area contributed by atoms with Crippen LogP contribution >= 0.6 is 0 Å². The molecule has 2 heterocycles. The van der Waals surface area contributed by atoms with Crippen molar-refractivity contribution in [3.63, 3.8) is 0 Å². The first-order valence-corrected chi connectivity index (χ1v) is 11.7. The minimum Gasteiger partial charge on any atom is -0.489 e. The molecule has 0 saturated heterocycles. The molecule has 0 fully saturated rings. The molecule has 2 aromatic carbocycles. The van der Waals surface area contributed by atoms with Crippen molar-refractivity contribution < 1.29 is 28.5 Å². The molecule has 2 N–H and O–H groups in total. The van der Waals surface area contributed by atoms with E-state index in [1.807, 2.05) is 30.3 Å². The van der Waals surface area contributed by atoms with Crippen molar-refractivity contribution in [3.8, 4) is 17.2 Å². The molecular formula is C26H28N4O7. The van der Waals surface area contributed by atoms with E-state index in [9.17, 15) is 14.4 Å². The molecule has 1 aliphatic heterocycles. The highest BCUT2D eigenvalue weighted by Gasteiger charge is 2.24. The molecule has 0 unspecified atom stereocenters. The van der Waals surface area contributed by atoms with Crippen LogP contribution in [-0.4, -0.2) is 40.4 Å². The third-order valence-electron chi connectivity index (χ3n) is 4.97. The first-order valence-electron chi connectivity index (χ1n) is 11.7. The van der Waals surface area contributed by atoms with Gasteiger partial charge in [0.1, 0.15) is 36.8 Å².